The quantitative estimate of drug-likeness (QED) is 0.541. The van der Waals surface area contributed by atoms with Gasteiger partial charge < -0.3 is 11.1 Å². The Balaban J connectivity index is 1.79. The number of hydrogen-bond donors (Lipinski definition) is 2. The molecule has 1 unspecified atom stereocenters. The van der Waals surface area contributed by atoms with Crippen molar-refractivity contribution in [1.82, 2.24) is 9.97 Å². The molecule has 0 saturated heterocycles. The van der Waals surface area contributed by atoms with Crippen molar-refractivity contribution in [2.45, 2.75) is 24.3 Å². The van der Waals surface area contributed by atoms with Crippen LogP contribution in [0, 0.1) is 11.3 Å². The van der Waals surface area contributed by atoms with Gasteiger partial charge in [0.05, 0.1) is 27.3 Å². The molecule has 0 fully saturated rings. The van der Waals surface area contributed by atoms with Gasteiger partial charge in [0, 0.05) is 0 Å². The Kier molecular flexibility index (Phi) is 5.74. The predicted molar refractivity (Wildman–Crippen MR) is 122 cm³/mol. The van der Waals surface area contributed by atoms with Crippen LogP contribution in [0.15, 0.2) is 64.7 Å². The molecule has 0 spiro atoms. The first-order valence-electron chi connectivity index (χ1n) is 9.29. The van der Waals surface area contributed by atoms with Gasteiger partial charge in [-0.3, -0.25) is 4.31 Å². The topological polar surface area (TPSA) is 103 Å². The van der Waals surface area contributed by atoms with Crippen LogP contribution in [0.3, 0.4) is 0 Å². The van der Waals surface area contributed by atoms with E-state index in [9.17, 15) is 5.26 Å². The Morgan fingerprint density at radius 1 is 1.20 bits per heavy atom. The second-order valence-electron chi connectivity index (χ2n) is 6.48. The molecule has 3 N–H and O–H groups in total. The maximum absolute atomic E-state index is 9.48. The number of fused-ring (bicyclic) bond motifs is 1. The molecule has 7 nitrogen and oxygen atoms in total. The molecular formula is C21H18ClN7S. The maximum Gasteiger partial charge on any atom is 0.150 e. The van der Waals surface area contributed by atoms with Gasteiger partial charge in [0.25, 0.3) is 0 Å². The van der Waals surface area contributed by atoms with Crippen molar-refractivity contribution < 1.29 is 0 Å². The molecule has 3 aromatic rings. The van der Waals surface area contributed by atoms with Crippen LogP contribution in [0.5, 0.6) is 0 Å². The number of aromatic nitrogens is 2. The van der Waals surface area contributed by atoms with Crippen LogP contribution < -0.4 is 15.4 Å². The van der Waals surface area contributed by atoms with Crippen molar-refractivity contribution in [1.29, 1.82) is 5.26 Å². The Labute approximate surface area is 183 Å². The van der Waals surface area contributed by atoms with Gasteiger partial charge in [0.15, 0.2) is 0 Å². The standard InChI is InChI=1S/C21H18ClN7S/c1-2-16(27-20-14(11-23)19(24)25-12-26-20)21-28-17-10-6-9-15(22)18(17)30-29(21)13-7-4-3-5-8-13/h3-10,12,16H,2H2,1H3,(H3,24,25,26,27). The summed E-state index contributed by atoms with van der Waals surface area (Å²) in [6.07, 6.45) is 2.04. The molecule has 0 bridgehead atoms. The molecule has 4 rings (SSSR count). The van der Waals surface area contributed by atoms with E-state index in [2.05, 4.69) is 21.4 Å². The van der Waals surface area contributed by atoms with Gasteiger partial charge in [-0.25, -0.2) is 15.0 Å². The first kappa shape index (κ1) is 20.0. The van der Waals surface area contributed by atoms with E-state index in [0.717, 1.165) is 22.1 Å². The molecule has 9 heteroatoms. The van der Waals surface area contributed by atoms with E-state index in [0.29, 0.717) is 17.3 Å². The summed E-state index contributed by atoms with van der Waals surface area (Å²) in [6, 6.07) is 17.5. The summed E-state index contributed by atoms with van der Waals surface area (Å²) >= 11 is 7.96. The number of benzene rings is 2. The minimum Gasteiger partial charge on any atom is -0.382 e. The number of anilines is 3. The van der Waals surface area contributed by atoms with Crippen LogP contribution >= 0.6 is 23.5 Å². The fourth-order valence-corrected chi connectivity index (χ4v) is 4.39. The highest BCUT2D eigenvalue weighted by molar-refractivity contribution is 8.01. The van der Waals surface area contributed by atoms with E-state index in [1.54, 1.807) is 0 Å². The average Bonchev–Trinajstić information content (AvgIpc) is 2.77. The molecule has 0 radical (unpaired) electrons. The molecule has 0 saturated carbocycles. The van der Waals surface area contributed by atoms with Gasteiger partial charge >= 0.3 is 0 Å². The molecule has 30 heavy (non-hydrogen) atoms. The van der Waals surface area contributed by atoms with Crippen molar-refractivity contribution in [3.8, 4) is 6.07 Å². The Morgan fingerprint density at radius 2 is 2.00 bits per heavy atom. The smallest absolute Gasteiger partial charge is 0.150 e. The van der Waals surface area contributed by atoms with E-state index >= 15 is 0 Å². The summed E-state index contributed by atoms with van der Waals surface area (Å²) in [5, 5.41) is 13.5. The number of nitrogens with zero attached hydrogens (tertiary/aromatic N) is 5. The largest absolute Gasteiger partial charge is 0.382 e. The SMILES string of the molecule is CCC(Nc1ncnc(N)c1C#N)C1=Nc2cccc(Cl)c2SN1c1ccccc1. The van der Waals surface area contributed by atoms with E-state index in [4.69, 9.17) is 22.3 Å². The first-order chi connectivity index (χ1) is 14.6. The zero-order valence-corrected chi connectivity index (χ0v) is 17.7. The molecule has 0 amide bonds. The highest BCUT2D eigenvalue weighted by Crippen LogP contribution is 2.44. The molecule has 150 valence electrons. The van der Waals surface area contributed by atoms with Crippen molar-refractivity contribution in [3.63, 3.8) is 0 Å². The monoisotopic (exact) mass is 435 g/mol. The number of nitrogen functional groups attached to an aromatic ring is 1. The highest BCUT2D eigenvalue weighted by Gasteiger charge is 2.30. The van der Waals surface area contributed by atoms with Crippen molar-refractivity contribution in [2.75, 3.05) is 15.4 Å². The van der Waals surface area contributed by atoms with Gasteiger partial charge in [-0.1, -0.05) is 42.8 Å². The van der Waals surface area contributed by atoms with Gasteiger partial charge in [0.2, 0.25) is 0 Å². The van der Waals surface area contributed by atoms with Gasteiger partial charge in [-0.15, -0.1) is 0 Å². The number of nitrogens with one attached hydrogen (secondary N) is 1. The zero-order valence-electron chi connectivity index (χ0n) is 16.1. The second-order valence-corrected chi connectivity index (χ2v) is 7.84. The highest BCUT2D eigenvalue weighted by atomic mass is 35.5. The number of nitrogens with two attached hydrogens (primary N) is 1. The van der Waals surface area contributed by atoms with E-state index in [1.807, 2.05) is 59.8 Å². The third-order valence-corrected chi connectivity index (χ3v) is 6.20. The second kappa shape index (κ2) is 8.61. The van der Waals surface area contributed by atoms with Crippen LogP contribution in [-0.2, 0) is 0 Å². The zero-order chi connectivity index (χ0) is 21.1. The maximum atomic E-state index is 9.48. The summed E-state index contributed by atoms with van der Waals surface area (Å²) in [7, 11) is 0. The third kappa shape index (κ3) is 3.77. The summed E-state index contributed by atoms with van der Waals surface area (Å²) in [4.78, 5) is 13.9. The molecular weight excluding hydrogens is 418 g/mol. The minimum atomic E-state index is -0.230. The molecule has 2 aromatic carbocycles. The number of hydrogen-bond acceptors (Lipinski definition) is 8. The van der Waals surface area contributed by atoms with Crippen LogP contribution in [-0.4, -0.2) is 21.8 Å². The molecule has 1 aliphatic heterocycles. The van der Waals surface area contributed by atoms with E-state index < -0.39 is 0 Å². The number of para-hydroxylation sites is 1. The third-order valence-electron chi connectivity index (χ3n) is 4.58. The minimum absolute atomic E-state index is 0.141. The summed E-state index contributed by atoms with van der Waals surface area (Å²) in [5.74, 6) is 1.31. The molecule has 2 heterocycles. The number of aliphatic imine (C=N–C) groups is 1. The Bertz CT molecular complexity index is 1140. The fraction of sp³-hybridized carbons (Fsp3) is 0.143. The van der Waals surface area contributed by atoms with Crippen LogP contribution in [0.2, 0.25) is 5.02 Å². The van der Waals surface area contributed by atoms with Crippen molar-refractivity contribution in [2.24, 2.45) is 4.99 Å². The van der Waals surface area contributed by atoms with Gasteiger partial charge in [0.1, 0.15) is 35.4 Å². The number of amidine groups is 1. The van der Waals surface area contributed by atoms with Crippen LogP contribution in [0.1, 0.15) is 18.9 Å². The van der Waals surface area contributed by atoms with E-state index in [1.165, 1.54) is 18.3 Å². The summed E-state index contributed by atoms with van der Waals surface area (Å²) in [6.45, 7) is 2.04. The molecule has 1 atom stereocenters. The van der Waals surface area contributed by atoms with Crippen LogP contribution in [0.25, 0.3) is 0 Å². The Hall–Kier alpha value is -3.28. The molecule has 1 aromatic heterocycles. The number of rotatable bonds is 5. The molecule has 0 aliphatic carbocycles. The Morgan fingerprint density at radius 3 is 2.73 bits per heavy atom. The molecule has 1 aliphatic rings. The summed E-state index contributed by atoms with van der Waals surface area (Å²) < 4.78 is 2.05. The average molecular weight is 436 g/mol. The van der Waals surface area contributed by atoms with Crippen molar-refractivity contribution in [3.05, 3.63) is 65.4 Å². The first-order valence-corrected chi connectivity index (χ1v) is 10.4. The van der Waals surface area contributed by atoms with Crippen molar-refractivity contribution >= 4 is 52.4 Å². The lowest BCUT2D eigenvalue weighted by Crippen LogP contribution is -2.41. The normalized spacial score (nSPS) is 13.8. The van der Waals surface area contributed by atoms with Gasteiger partial charge in [-0.05, 0) is 42.6 Å². The number of halogens is 1. The lowest BCUT2D eigenvalue weighted by molar-refractivity contribution is 0.851. The number of nitriles is 1. The lowest BCUT2D eigenvalue weighted by atomic mass is 10.1. The van der Waals surface area contributed by atoms with E-state index in [-0.39, 0.29) is 17.4 Å². The summed E-state index contributed by atoms with van der Waals surface area (Å²) in [5.41, 5.74) is 7.84. The fourth-order valence-electron chi connectivity index (χ4n) is 3.08. The van der Waals surface area contributed by atoms with Gasteiger partial charge in [-0.2, -0.15) is 5.26 Å². The van der Waals surface area contributed by atoms with Crippen LogP contribution in [0.4, 0.5) is 23.0 Å². The predicted octanol–water partition coefficient (Wildman–Crippen LogP) is 5.03. The lowest BCUT2D eigenvalue weighted by Gasteiger charge is -2.33.